The first-order valence-electron chi connectivity index (χ1n) is 10.7. The molecule has 160 valence electrons. The molecule has 2 amide bonds. The predicted octanol–water partition coefficient (Wildman–Crippen LogP) is 4.92. The van der Waals surface area contributed by atoms with Gasteiger partial charge in [-0.1, -0.05) is 56.3 Å². The van der Waals surface area contributed by atoms with Crippen LogP contribution in [0.4, 0.5) is 16.3 Å². The fourth-order valence-electron chi connectivity index (χ4n) is 3.81. The number of urea groups is 1. The van der Waals surface area contributed by atoms with Crippen molar-refractivity contribution in [2.75, 3.05) is 30.9 Å². The Morgan fingerprint density at radius 3 is 2.39 bits per heavy atom. The van der Waals surface area contributed by atoms with E-state index in [1.807, 2.05) is 66.4 Å². The second-order valence-electron chi connectivity index (χ2n) is 8.43. The van der Waals surface area contributed by atoms with Gasteiger partial charge in [0.15, 0.2) is 5.82 Å². The van der Waals surface area contributed by atoms with Gasteiger partial charge in [-0.15, -0.1) is 0 Å². The summed E-state index contributed by atoms with van der Waals surface area (Å²) < 4.78 is 0. The van der Waals surface area contributed by atoms with Gasteiger partial charge in [-0.05, 0) is 23.6 Å². The van der Waals surface area contributed by atoms with Gasteiger partial charge in [-0.25, -0.2) is 14.8 Å². The molecule has 6 nitrogen and oxygen atoms in total. The van der Waals surface area contributed by atoms with E-state index in [9.17, 15) is 4.79 Å². The van der Waals surface area contributed by atoms with Crippen LogP contribution in [0.5, 0.6) is 0 Å². The van der Waals surface area contributed by atoms with Crippen LogP contribution < -0.4 is 10.2 Å². The topological polar surface area (TPSA) is 61.4 Å². The summed E-state index contributed by atoms with van der Waals surface area (Å²) in [7, 11) is 3.96. The third-order valence-corrected chi connectivity index (χ3v) is 5.61. The normalized spacial score (nSPS) is 13.1. The molecule has 6 heteroatoms. The molecule has 1 N–H and O–H groups in total. The molecule has 2 aromatic carbocycles. The fraction of sp³-hybridized carbons (Fsp3) is 0.320. The van der Waals surface area contributed by atoms with Crippen molar-refractivity contribution in [3.05, 3.63) is 71.4 Å². The minimum absolute atomic E-state index is 0.0974. The number of amides is 2. The fourth-order valence-corrected chi connectivity index (χ4v) is 3.81. The maximum atomic E-state index is 12.9. The molecule has 1 aliphatic rings. The molecule has 1 aromatic heterocycles. The van der Waals surface area contributed by atoms with E-state index in [1.54, 1.807) is 0 Å². The summed E-state index contributed by atoms with van der Waals surface area (Å²) in [5.74, 6) is 2.06. The van der Waals surface area contributed by atoms with Crippen LogP contribution in [-0.2, 0) is 13.0 Å². The number of carbonyl (C=O) groups is 1. The smallest absolute Gasteiger partial charge is 0.322 e. The number of anilines is 2. The van der Waals surface area contributed by atoms with E-state index in [0.717, 1.165) is 34.2 Å². The molecule has 0 unspecified atom stereocenters. The van der Waals surface area contributed by atoms with Crippen LogP contribution in [-0.4, -0.2) is 41.5 Å². The van der Waals surface area contributed by atoms with Crippen LogP contribution in [0.15, 0.2) is 54.6 Å². The lowest BCUT2D eigenvalue weighted by molar-refractivity contribution is 0.206. The van der Waals surface area contributed by atoms with Crippen molar-refractivity contribution < 1.29 is 4.79 Å². The molecule has 0 fully saturated rings. The van der Waals surface area contributed by atoms with Crippen LogP contribution in [0, 0.1) is 0 Å². The first kappa shape index (κ1) is 20.8. The first-order valence-corrected chi connectivity index (χ1v) is 10.7. The highest BCUT2D eigenvalue weighted by Crippen LogP contribution is 2.29. The summed E-state index contributed by atoms with van der Waals surface area (Å²) in [4.78, 5) is 26.4. The summed E-state index contributed by atoms with van der Waals surface area (Å²) in [6, 6.07) is 18.0. The first-order chi connectivity index (χ1) is 14.9. The number of nitrogens with zero attached hydrogens (tertiary/aromatic N) is 4. The lowest BCUT2D eigenvalue weighted by Crippen LogP contribution is -2.40. The zero-order chi connectivity index (χ0) is 22.0. The zero-order valence-corrected chi connectivity index (χ0v) is 18.6. The summed E-state index contributed by atoms with van der Waals surface area (Å²) in [6.45, 7) is 5.44. The molecule has 4 rings (SSSR count). The lowest BCUT2D eigenvalue weighted by atomic mass is 10.0. The number of nitrogens with one attached hydrogen (secondary N) is 1. The van der Waals surface area contributed by atoms with Gasteiger partial charge < -0.3 is 15.1 Å². The Bertz CT molecular complexity index is 1060. The highest BCUT2D eigenvalue weighted by atomic mass is 16.2. The van der Waals surface area contributed by atoms with Crippen molar-refractivity contribution in [1.82, 2.24) is 14.9 Å². The summed E-state index contributed by atoms with van der Waals surface area (Å²) in [6.07, 6.45) is 0.707. The number of hydrogen-bond donors (Lipinski definition) is 1. The van der Waals surface area contributed by atoms with E-state index in [0.29, 0.717) is 25.4 Å². The molecule has 3 aromatic rings. The number of hydrogen-bond acceptors (Lipinski definition) is 4. The van der Waals surface area contributed by atoms with E-state index >= 15 is 0 Å². The molecule has 31 heavy (non-hydrogen) atoms. The average molecular weight is 416 g/mol. The Labute approximate surface area is 183 Å². The van der Waals surface area contributed by atoms with Crippen LogP contribution in [0.25, 0.3) is 11.4 Å². The molecule has 0 saturated carbocycles. The molecule has 0 radical (unpaired) electrons. The predicted molar refractivity (Wildman–Crippen MR) is 125 cm³/mol. The minimum Gasteiger partial charge on any atom is -0.362 e. The number of carbonyl (C=O) groups excluding carboxylic acids is 1. The molecule has 0 bridgehead atoms. The number of rotatable bonds is 4. The van der Waals surface area contributed by atoms with Crippen LogP contribution in [0.3, 0.4) is 0 Å². The molecule has 0 atom stereocenters. The highest BCUT2D eigenvalue weighted by molar-refractivity contribution is 5.89. The third-order valence-electron chi connectivity index (χ3n) is 5.61. The molecule has 1 aliphatic heterocycles. The van der Waals surface area contributed by atoms with Crippen molar-refractivity contribution in [1.29, 1.82) is 0 Å². The van der Waals surface area contributed by atoms with E-state index in [1.165, 1.54) is 5.56 Å². The van der Waals surface area contributed by atoms with Gasteiger partial charge in [0, 0.05) is 43.9 Å². The largest absolute Gasteiger partial charge is 0.362 e. The van der Waals surface area contributed by atoms with Crippen LogP contribution in [0.1, 0.15) is 36.6 Å². The summed E-state index contributed by atoms with van der Waals surface area (Å²) >= 11 is 0. The van der Waals surface area contributed by atoms with Crippen LogP contribution in [0.2, 0.25) is 0 Å². The average Bonchev–Trinajstić information content (AvgIpc) is 2.78. The third kappa shape index (κ3) is 4.53. The van der Waals surface area contributed by atoms with Crippen molar-refractivity contribution >= 4 is 17.5 Å². The van der Waals surface area contributed by atoms with Crippen molar-refractivity contribution in [3.8, 4) is 11.4 Å². The second kappa shape index (κ2) is 8.76. The molecular formula is C25H29N5O. The lowest BCUT2D eigenvalue weighted by Gasteiger charge is -2.31. The molecule has 0 aliphatic carbocycles. The van der Waals surface area contributed by atoms with Crippen molar-refractivity contribution in [2.24, 2.45) is 0 Å². The Kier molecular flexibility index (Phi) is 5.89. The minimum atomic E-state index is -0.0974. The standard InChI is InChI=1S/C25H29N5O/c1-17(2)18-10-12-20(13-11-18)26-25(31)30-15-14-22-21(16-30)24(29(3)4)28-23(27-22)19-8-6-5-7-9-19/h5-13,17H,14-16H2,1-4H3,(H,26,31). The van der Waals surface area contributed by atoms with Crippen molar-refractivity contribution in [3.63, 3.8) is 0 Å². The number of fused-ring (bicyclic) bond motifs is 1. The number of benzene rings is 2. The molecule has 0 spiro atoms. The van der Waals surface area contributed by atoms with Gasteiger partial charge in [0.25, 0.3) is 0 Å². The van der Waals surface area contributed by atoms with Gasteiger partial charge in [-0.3, -0.25) is 0 Å². The van der Waals surface area contributed by atoms with E-state index in [-0.39, 0.29) is 6.03 Å². The Balaban J connectivity index is 1.55. The zero-order valence-electron chi connectivity index (χ0n) is 18.6. The van der Waals surface area contributed by atoms with Gasteiger partial charge in [0.1, 0.15) is 5.82 Å². The molecular weight excluding hydrogens is 386 g/mol. The van der Waals surface area contributed by atoms with Gasteiger partial charge in [-0.2, -0.15) is 0 Å². The maximum Gasteiger partial charge on any atom is 0.322 e. The van der Waals surface area contributed by atoms with Gasteiger partial charge in [0.2, 0.25) is 0 Å². The van der Waals surface area contributed by atoms with E-state index in [2.05, 4.69) is 31.3 Å². The van der Waals surface area contributed by atoms with Gasteiger partial charge >= 0.3 is 6.03 Å². The van der Waals surface area contributed by atoms with Crippen molar-refractivity contribution in [2.45, 2.75) is 32.7 Å². The second-order valence-corrected chi connectivity index (χ2v) is 8.43. The summed E-state index contributed by atoms with van der Waals surface area (Å²) in [5.41, 5.74) is 5.10. The van der Waals surface area contributed by atoms with Crippen LogP contribution >= 0.6 is 0 Å². The van der Waals surface area contributed by atoms with Gasteiger partial charge in [0.05, 0.1) is 12.2 Å². The monoisotopic (exact) mass is 415 g/mol. The number of aromatic nitrogens is 2. The summed E-state index contributed by atoms with van der Waals surface area (Å²) in [5, 5.41) is 3.03. The van der Waals surface area contributed by atoms with E-state index < -0.39 is 0 Å². The quantitative estimate of drug-likeness (QED) is 0.657. The molecule has 2 heterocycles. The SMILES string of the molecule is CC(C)c1ccc(NC(=O)N2CCc3nc(-c4ccccc4)nc(N(C)C)c3C2)cc1. The Morgan fingerprint density at radius 2 is 1.74 bits per heavy atom. The Morgan fingerprint density at radius 1 is 1.03 bits per heavy atom. The molecule has 0 saturated heterocycles. The highest BCUT2D eigenvalue weighted by Gasteiger charge is 2.26. The Hall–Kier alpha value is -3.41. The maximum absolute atomic E-state index is 12.9. The van der Waals surface area contributed by atoms with E-state index in [4.69, 9.17) is 9.97 Å².